The van der Waals surface area contributed by atoms with Crippen molar-refractivity contribution < 1.29 is 17.9 Å². The van der Waals surface area contributed by atoms with E-state index in [0.29, 0.717) is 37.4 Å². The summed E-state index contributed by atoms with van der Waals surface area (Å²) >= 11 is 0. The molecule has 0 heterocycles. The van der Waals surface area contributed by atoms with E-state index in [-0.39, 0.29) is 12.5 Å². The topological polar surface area (TPSA) is 75.7 Å². The predicted molar refractivity (Wildman–Crippen MR) is 87.7 cm³/mol. The van der Waals surface area contributed by atoms with E-state index in [1.165, 1.54) is 4.31 Å². The lowest BCUT2D eigenvalue weighted by Crippen LogP contribution is -2.32. The molecular formula is C15H24N2O4S. The van der Waals surface area contributed by atoms with E-state index >= 15 is 0 Å². The Kier molecular flexibility index (Phi) is 7.17. The van der Waals surface area contributed by atoms with Gasteiger partial charge in [-0.25, -0.2) is 8.42 Å². The molecule has 0 unspecified atom stereocenters. The van der Waals surface area contributed by atoms with Crippen LogP contribution in [0.2, 0.25) is 0 Å². The van der Waals surface area contributed by atoms with Crippen LogP contribution in [0, 0.1) is 0 Å². The lowest BCUT2D eigenvalue weighted by Gasteiger charge is -2.22. The van der Waals surface area contributed by atoms with Crippen molar-refractivity contribution in [2.45, 2.75) is 26.7 Å². The smallest absolute Gasteiger partial charge is 0.232 e. The average Bonchev–Trinajstić information content (AvgIpc) is 2.44. The lowest BCUT2D eigenvalue weighted by atomic mass is 10.2. The van der Waals surface area contributed by atoms with E-state index in [1.54, 1.807) is 24.3 Å². The zero-order chi connectivity index (χ0) is 16.6. The zero-order valence-electron chi connectivity index (χ0n) is 13.3. The second kappa shape index (κ2) is 8.63. The van der Waals surface area contributed by atoms with Crippen LogP contribution in [0.1, 0.15) is 26.7 Å². The molecule has 0 saturated carbocycles. The number of amides is 1. The van der Waals surface area contributed by atoms with Gasteiger partial charge in [-0.1, -0.05) is 0 Å². The molecule has 1 amide bonds. The second-order valence-corrected chi connectivity index (χ2v) is 6.73. The van der Waals surface area contributed by atoms with Crippen LogP contribution in [0.3, 0.4) is 0 Å². The van der Waals surface area contributed by atoms with Gasteiger partial charge in [0.25, 0.3) is 0 Å². The molecule has 0 aliphatic rings. The summed E-state index contributed by atoms with van der Waals surface area (Å²) in [5.41, 5.74) is 0.571. The highest BCUT2D eigenvalue weighted by atomic mass is 32.2. The Morgan fingerprint density at radius 1 is 1.23 bits per heavy atom. The van der Waals surface area contributed by atoms with Crippen LogP contribution in [0.15, 0.2) is 24.3 Å². The third-order valence-corrected chi connectivity index (χ3v) is 4.17. The van der Waals surface area contributed by atoms with E-state index < -0.39 is 10.0 Å². The third kappa shape index (κ3) is 5.93. The molecule has 0 aromatic heterocycles. The highest BCUT2D eigenvalue weighted by molar-refractivity contribution is 7.92. The van der Waals surface area contributed by atoms with E-state index in [2.05, 4.69) is 5.32 Å². The minimum atomic E-state index is -3.39. The monoisotopic (exact) mass is 328 g/mol. The van der Waals surface area contributed by atoms with Crippen molar-refractivity contribution >= 4 is 21.6 Å². The minimum Gasteiger partial charge on any atom is -0.494 e. The molecule has 124 valence electrons. The Morgan fingerprint density at radius 2 is 1.86 bits per heavy atom. The zero-order valence-corrected chi connectivity index (χ0v) is 14.1. The first-order valence-electron chi connectivity index (χ1n) is 7.35. The van der Waals surface area contributed by atoms with Gasteiger partial charge >= 0.3 is 0 Å². The quantitative estimate of drug-likeness (QED) is 0.749. The fourth-order valence-electron chi connectivity index (χ4n) is 2.03. The molecule has 0 fully saturated rings. The number of nitrogens with zero attached hydrogens (tertiary/aromatic N) is 1. The third-order valence-electron chi connectivity index (χ3n) is 2.98. The maximum Gasteiger partial charge on any atom is 0.232 e. The van der Waals surface area contributed by atoms with Gasteiger partial charge in [-0.15, -0.1) is 0 Å². The van der Waals surface area contributed by atoms with Crippen LogP contribution in [0.25, 0.3) is 0 Å². The molecule has 0 radical (unpaired) electrons. The number of anilines is 1. The first-order valence-corrected chi connectivity index (χ1v) is 9.20. The molecule has 0 atom stereocenters. The van der Waals surface area contributed by atoms with Crippen molar-refractivity contribution in [2.24, 2.45) is 0 Å². The summed E-state index contributed by atoms with van der Waals surface area (Å²) in [5.74, 6) is 0.629. The molecule has 1 rings (SSSR count). The number of carbonyl (C=O) groups excluding carboxylic acids is 1. The molecule has 0 bridgehead atoms. The van der Waals surface area contributed by atoms with Crippen LogP contribution in [-0.4, -0.2) is 40.3 Å². The molecule has 1 N–H and O–H groups in total. The minimum absolute atomic E-state index is 0.0670. The van der Waals surface area contributed by atoms with Gasteiger partial charge in [-0.2, -0.15) is 0 Å². The van der Waals surface area contributed by atoms with Crippen LogP contribution >= 0.6 is 0 Å². The fourth-order valence-corrected chi connectivity index (χ4v) is 3.00. The average molecular weight is 328 g/mol. The molecule has 1 aromatic carbocycles. The predicted octanol–water partition coefficient (Wildman–Crippen LogP) is 1.77. The first-order chi connectivity index (χ1) is 10.4. The Hall–Kier alpha value is -1.76. The highest BCUT2D eigenvalue weighted by Crippen LogP contribution is 2.22. The number of nitrogens with one attached hydrogen (secondary N) is 1. The summed E-state index contributed by atoms with van der Waals surface area (Å²) in [7, 11) is -3.39. The molecule has 0 aliphatic heterocycles. The summed E-state index contributed by atoms with van der Waals surface area (Å²) in [4.78, 5) is 11.4. The number of ether oxygens (including phenoxy) is 1. The molecular weight excluding hydrogens is 304 g/mol. The summed E-state index contributed by atoms with van der Waals surface area (Å²) in [6, 6.07) is 6.89. The number of rotatable bonds is 9. The highest BCUT2D eigenvalue weighted by Gasteiger charge is 2.17. The number of sulfonamides is 1. The normalized spacial score (nSPS) is 11.0. The van der Waals surface area contributed by atoms with Gasteiger partial charge in [-0.3, -0.25) is 9.10 Å². The number of hydrogen-bond donors (Lipinski definition) is 1. The Bertz CT molecular complexity index is 570. The SMILES string of the molecule is CCNC(=O)CCCN(c1ccc(OCC)cc1)S(C)(=O)=O. The van der Waals surface area contributed by atoms with Crippen LogP contribution in [-0.2, 0) is 14.8 Å². The Morgan fingerprint density at radius 3 is 2.36 bits per heavy atom. The summed E-state index contributed by atoms with van der Waals surface area (Å²) in [6.45, 7) is 5.14. The summed E-state index contributed by atoms with van der Waals surface area (Å²) in [5, 5.41) is 2.70. The number of benzene rings is 1. The Balaban J connectivity index is 2.75. The fraction of sp³-hybridized carbons (Fsp3) is 0.533. The number of hydrogen-bond acceptors (Lipinski definition) is 4. The van der Waals surface area contributed by atoms with Gasteiger partial charge in [0.2, 0.25) is 15.9 Å². The van der Waals surface area contributed by atoms with E-state index in [0.717, 1.165) is 6.26 Å². The second-order valence-electron chi connectivity index (χ2n) is 4.82. The van der Waals surface area contributed by atoms with Crippen molar-refractivity contribution in [3.8, 4) is 5.75 Å². The van der Waals surface area contributed by atoms with Crippen molar-refractivity contribution in [2.75, 3.05) is 30.3 Å². The van der Waals surface area contributed by atoms with Gasteiger partial charge in [0.15, 0.2) is 0 Å². The van der Waals surface area contributed by atoms with Gasteiger partial charge in [0, 0.05) is 19.5 Å². The van der Waals surface area contributed by atoms with Crippen molar-refractivity contribution in [3.63, 3.8) is 0 Å². The molecule has 0 saturated heterocycles. The molecule has 0 aliphatic carbocycles. The largest absolute Gasteiger partial charge is 0.494 e. The van der Waals surface area contributed by atoms with Crippen LogP contribution in [0.5, 0.6) is 5.75 Å². The van der Waals surface area contributed by atoms with Crippen LogP contribution < -0.4 is 14.4 Å². The number of carbonyl (C=O) groups is 1. The first kappa shape index (κ1) is 18.3. The lowest BCUT2D eigenvalue weighted by molar-refractivity contribution is -0.121. The maximum atomic E-state index is 11.9. The maximum absolute atomic E-state index is 11.9. The molecule has 6 nitrogen and oxygen atoms in total. The summed E-state index contributed by atoms with van der Waals surface area (Å²) < 4.78 is 30.5. The molecule has 1 aromatic rings. The van der Waals surface area contributed by atoms with Crippen molar-refractivity contribution in [1.29, 1.82) is 0 Å². The van der Waals surface area contributed by atoms with Gasteiger partial charge in [0.05, 0.1) is 18.6 Å². The van der Waals surface area contributed by atoms with Crippen molar-refractivity contribution in [1.82, 2.24) is 5.32 Å². The van der Waals surface area contributed by atoms with E-state index in [1.807, 2.05) is 13.8 Å². The standard InChI is InChI=1S/C15H24N2O4S/c1-4-16-15(18)7-6-12-17(22(3,19)20)13-8-10-14(11-9-13)21-5-2/h8-11H,4-7,12H2,1-3H3,(H,16,18). The van der Waals surface area contributed by atoms with E-state index in [9.17, 15) is 13.2 Å². The van der Waals surface area contributed by atoms with Gasteiger partial charge < -0.3 is 10.1 Å². The van der Waals surface area contributed by atoms with E-state index in [4.69, 9.17) is 4.74 Å². The van der Waals surface area contributed by atoms with Gasteiger partial charge in [0.1, 0.15) is 5.75 Å². The summed E-state index contributed by atoms with van der Waals surface area (Å²) in [6.07, 6.45) is 1.93. The molecule has 22 heavy (non-hydrogen) atoms. The Labute approximate surface area is 132 Å². The van der Waals surface area contributed by atoms with Crippen LogP contribution in [0.4, 0.5) is 5.69 Å². The molecule has 7 heteroatoms. The van der Waals surface area contributed by atoms with Gasteiger partial charge in [-0.05, 0) is 44.5 Å². The molecule has 0 spiro atoms. The van der Waals surface area contributed by atoms with Crippen molar-refractivity contribution in [3.05, 3.63) is 24.3 Å².